The highest BCUT2D eigenvalue weighted by atomic mass is 19.1. The molecule has 0 radical (unpaired) electrons. The first-order valence-corrected chi connectivity index (χ1v) is 12.2. The van der Waals surface area contributed by atoms with Gasteiger partial charge in [-0.15, -0.1) is 0 Å². The van der Waals surface area contributed by atoms with Gasteiger partial charge in [-0.1, -0.05) is 43.2 Å². The maximum atomic E-state index is 13.3. The highest BCUT2D eigenvalue weighted by Gasteiger charge is 2.39. The van der Waals surface area contributed by atoms with Crippen LogP contribution in [0.5, 0.6) is 0 Å². The minimum absolute atomic E-state index is 0.183. The monoisotopic (exact) mass is 435 g/mol. The number of benzene rings is 2. The zero-order valence-corrected chi connectivity index (χ0v) is 18.8. The van der Waals surface area contributed by atoms with E-state index in [1.165, 1.54) is 18.4 Å². The molecule has 2 aromatic rings. The molecule has 2 aromatic carbocycles. The van der Waals surface area contributed by atoms with Gasteiger partial charge in [-0.2, -0.15) is 0 Å². The van der Waals surface area contributed by atoms with Crippen LogP contribution in [0.15, 0.2) is 54.6 Å². The SMILES string of the molecule is O=C(C1CCCC1)N1CC(CN2CCN(c3ccc(F)cc3)CC2)C(c2ccccc2)C1. The summed E-state index contributed by atoms with van der Waals surface area (Å²) in [6.45, 7) is 6.70. The van der Waals surface area contributed by atoms with Crippen LogP contribution >= 0.6 is 0 Å². The Kier molecular flexibility index (Phi) is 6.44. The molecule has 2 unspecified atom stereocenters. The van der Waals surface area contributed by atoms with Crippen LogP contribution in [-0.2, 0) is 4.79 Å². The molecule has 3 fully saturated rings. The van der Waals surface area contributed by atoms with Gasteiger partial charge in [0.15, 0.2) is 0 Å². The Morgan fingerprint density at radius 3 is 2.25 bits per heavy atom. The predicted octanol–water partition coefficient (Wildman–Crippen LogP) is 4.38. The van der Waals surface area contributed by atoms with Crippen molar-refractivity contribution < 1.29 is 9.18 Å². The summed E-state index contributed by atoms with van der Waals surface area (Å²) in [7, 11) is 0. The number of carbonyl (C=O) groups is 1. The summed E-state index contributed by atoms with van der Waals surface area (Å²) in [6, 6.07) is 17.6. The van der Waals surface area contributed by atoms with Crippen LogP contribution in [-0.4, -0.2) is 61.5 Å². The topological polar surface area (TPSA) is 26.8 Å². The molecule has 5 heteroatoms. The minimum atomic E-state index is -0.183. The van der Waals surface area contributed by atoms with Gasteiger partial charge in [0.2, 0.25) is 5.91 Å². The highest BCUT2D eigenvalue weighted by Crippen LogP contribution is 2.36. The average molecular weight is 436 g/mol. The fraction of sp³-hybridized carbons (Fsp3) is 0.519. The van der Waals surface area contributed by atoms with Gasteiger partial charge in [-0.3, -0.25) is 9.69 Å². The van der Waals surface area contributed by atoms with Gasteiger partial charge in [0.05, 0.1) is 0 Å². The predicted molar refractivity (Wildman–Crippen MR) is 126 cm³/mol. The molecule has 0 spiro atoms. The molecule has 2 heterocycles. The van der Waals surface area contributed by atoms with Crippen molar-refractivity contribution >= 4 is 11.6 Å². The van der Waals surface area contributed by atoms with Crippen LogP contribution in [0.3, 0.4) is 0 Å². The van der Waals surface area contributed by atoms with Crippen LogP contribution in [0, 0.1) is 17.7 Å². The Morgan fingerprint density at radius 2 is 1.56 bits per heavy atom. The lowest BCUT2D eigenvalue weighted by molar-refractivity contribution is -0.134. The highest BCUT2D eigenvalue weighted by molar-refractivity contribution is 5.79. The van der Waals surface area contributed by atoms with E-state index < -0.39 is 0 Å². The van der Waals surface area contributed by atoms with Crippen molar-refractivity contribution in [1.82, 2.24) is 9.80 Å². The third-order valence-corrected chi connectivity index (χ3v) is 7.74. The molecule has 4 nitrogen and oxygen atoms in total. The Bertz CT molecular complexity index is 889. The number of nitrogens with zero attached hydrogens (tertiary/aromatic N) is 3. The second-order valence-corrected chi connectivity index (χ2v) is 9.77. The third kappa shape index (κ3) is 4.68. The van der Waals surface area contributed by atoms with Crippen molar-refractivity contribution in [2.24, 2.45) is 11.8 Å². The molecule has 0 bridgehead atoms. The number of carbonyl (C=O) groups excluding carboxylic acids is 1. The van der Waals surface area contributed by atoms with E-state index in [-0.39, 0.29) is 11.7 Å². The van der Waals surface area contributed by atoms with Crippen LogP contribution in [0.1, 0.15) is 37.2 Å². The summed E-state index contributed by atoms with van der Waals surface area (Å²) < 4.78 is 13.3. The van der Waals surface area contributed by atoms with Crippen molar-refractivity contribution in [2.45, 2.75) is 31.6 Å². The van der Waals surface area contributed by atoms with Crippen LogP contribution in [0.4, 0.5) is 10.1 Å². The molecule has 5 rings (SSSR count). The zero-order chi connectivity index (χ0) is 21.9. The first-order valence-electron chi connectivity index (χ1n) is 12.2. The van der Waals surface area contributed by atoms with Gasteiger partial charge in [-0.05, 0) is 48.6 Å². The molecule has 2 saturated heterocycles. The van der Waals surface area contributed by atoms with E-state index in [9.17, 15) is 9.18 Å². The third-order valence-electron chi connectivity index (χ3n) is 7.74. The molecule has 3 aliphatic rings. The Labute approximate surface area is 191 Å². The van der Waals surface area contributed by atoms with E-state index in [1.54, 1.807) is 12.1 Å². The minimum Gasteiger partial charge on any atom is -0.369 e. The van der Waals surface area contributed by atoms with Crippen LogP contribution < -0.4 is 4.90 Å². The molecule has 1 amide bonds. The molecule has 0 aromatic heterocycles. The van der Waals surface area contributed by atoms with E-state index in [0.717, 1.165) is 64.3 Å². The average Bonchev–Trinajstić information content (AvgIpc) is 3.51. The lowest BCUT2D eigenvalue weighted by atomic mass is 9.88. The van der Waals surface area contributed by atoms with E-state index in [2.05, 4.69) is 45.0 Å². The second kappa shape index (κ2) is 9.62. The van der Waals surface area contributed by atoms with E-state index >= 15 is 0 Å². The lowest BCUT2D eigenvalue weighted by Gasteiger charge is -2.38. The van der Waals surface area contributed by atoms with E-state index in [0.29, 0.717) is 17.7 Å². The smallest absolute Gasteiger partial charge is 0.225 e. The molecule has 2 aliphatic heterocycles. The van der Waals surface area contributed by atoms with Gasteiger partial charge in [0, 0.05) is 63.3 Å². The number of hydrogen-bond donors (Lipinski definition) is 0. The van der Waals surface area contributed by atoms with E-state index in [4.69, 9.17) is 0 Å². The second-order valence-electron chi connectivity index (χ2n) is 9.77. The standard InChI is InChI=1S/C27H34FN3O/c28-24-10-12-25(13-11-24)30-16-14-29(15-17-30)18-23-19-31(27(32)22-8-4-5-9-22)20-26(23)21-6-2-1-3-7-21/h1-3,6-7,10-13,22-23,26H,4-5,8-9,14-20H2. The molecular weight excluding hydrogens is 401 g/mol. The number of rotatable bonds is 5. The quantitative estimate of drug-likeness (QED) is 0.697. The van der Waals surface area contributed by atoms with Gasteiger partial charge in [0.1, 0.15) is 5.82 Å². The lowest BCUT2D eigenvalue weighted by Crippen LogP contribution is -2.48. The number of likely N-dealkylation sites (tertiary alicyclic amines) is 1. The van der Waals surface area contributed by atoms with Crippen LogP contribution in [0.25, 0.3) is 0 Å². The fourth-order valence-electron chi connectivity index (χ4n) is 5.92. The largest absolute Gasteiger partial charge is 0.369 e. The molecule has 2 atom stereocenters. The summed E-state index contributed by atoms with van der Waals surface area (Å²) in [5, 5.41) is 0. The van der Waals surface area contributed by atoms with Gasteiger partial charge in [-0.25, -0.2) is 4.39 Å². The summed E-state index contributed by atoms with van der Waals surface area (Å²) in [5.41, 5.74) is 2.46. The Balaban J connectivity index is 1.23. The zero-order valence-electron chi connectivity index (χ0n) is 18.8. The van der Waals surface area contributed by atoms with Gasteiger partial charge >= 0.3 is 0 Å². The number of piperazine rings is 1. The summed E-state index contributed by atoms with van der Waals surface area (Å²) >= 11 is 0. The van der Waals surface area contributed by atoms with Crippen LogP contribution in [0.2, 0.25) is 0 Å². The summed E-state index contributed by atoms with van der Waals surface area (Å²) in [5.74, 6) is 1.35. The van der Waals surface area contributed by atoms with Crippen molar-refractivity contribution in [3.63, 3.8) is 0 Å². The summed E-state index contributed by atoms with van der Waals surface area (Å²) in [4.78, 5) is 20.2. The Morgan fingerprint density at radius 1 is 0.875 bits per heavy atom. The molecule has 1 saturated carbocycles. The van der Waals surface area contributed by atoms with Gasteiger partial charge in [0.25, 0.3) is 0 Å². The van der Waals surface area contributed by atoms with Crippen molar-refractivity contribution in [1.29, 1.82) is 0 Å². The number of hydrogen-bond acceptors (Lipinski definition) is 3. The maximum absolute atomic E-state index is 13.3. The molecular formula is C27H34FN3O. The van der Waals surface area contributed by atoms with Crippen molar-refractivity contribution in [3.8, 4) is 0 Å². The van der Waals surface area contributed by atoms with E-state index in [1.807, 2.05) is 12.1 Å². The molecule has 1 aliphatic carbocycles. The fourth-order valence-corrected chi connectivity index (χ4v) is 5.92. The summed E-state index contributed by atoms with van der Waals surface area (Å²) in [6.07, 6.45) is 4.55. The molecule has 32 heavy (non-hydrogen) atoms. The molecule has 0 N–H and O–H groups in total. The normalized spacial score (nSPS) is 24.9. The number of amides is 1. The molecule has 170 valence electrons. The van der Waals surface area contributed by atoms with Crippen molar-refractivity contribution in [3.05, 3.63) is 66.0 Å². The first-order chi connectivity index (χ1) is 15.7. The number of halogens is 1. The van der Waals surface area contributed by atoms with Gasteiger partial charge < -0.3 is 9.80 Å². The first kappa shape index (κ1) is 21.4. The van der Waals surface area contributed by atoms with Crippen molar-refractivity contribution in [2.75, 3.05) is 50.7 Å². The number of anilines is 1. The maximum Gasteiger partial charge on any atom is 0.225 e. The Hall–Kier alpha value is -2.40.